The summed E-state index contributed by atoms with van der Waals surface area (Å²) in [5.41, 5.74) is 2.33. The molecule has 0 aliphatic carbocycles. The van der Waals surface area contributed by atoms with Gasteiger partial charge in [0, 0.05) is 17.2 Å². The number of aromatic nitrogens is 2. The number of hydrogen-bond acceptors (Lipinski definition) is 5. The Bertz CT molecular complexity index is 693. The summed E-state index contributed by atoms with van der Waals surface area (Å²) in [7, 11) is 1.26. The van der Waals surface area contributed by atoms with Crippen LogP contribution in [0.5, 0.6) is 5.88 Å². The maximum atomic E-state index is 12.2. The van der Waals surface area contributed by atoms with Gasteiger partial charge >= 0.3 is 11.9 Å². The standard InChI is InChI=1S/C15H14N2O4/c1-8-10-11(9-6-4-3-5-7-9)12(14(18)20-2)15(19)21-13(10)17-16-8/h3-7,11-12H,1-2H3,(H,16,17). The van der Waals surface area contributed by atoms with Crippen LogP contribution in [-0.4, -0.2) is 29.2 Å². The van der Waals surface area contributed by atoms with Crippen LogP contribution in [0, 0.1) is 12.8 Å². The second-order valence-electron chi connectivity index (χ2n) is 4.88. The van der Waals surface area contributed by atoms with Crippen molar-refractivity contribution in [2.24, 2.45) is 5.92 Å². The number of benzene rings is 1. The van der Waals surface area contributed by atoms with Crippen molar-refractivity contribution in [3.05, 3.63) is 47.2 Å². The minimum Gasteiger partial charge on any atom is -0.468 e. The van der Waals surface area contributed by atoms with E-state index in [1.807, 2.05) is 37.3 Å². The number of hydrogen-bond donors (Lipinski definition) is 1. The normalized spacial score (nSPS) is 20.6. The summed E-state index contributed by atoms with van der Waals surface area (Å²) >= 11 is 0. The molecule has 3 rings (SSSR count). The molecule has 1 aliphatic heterocycles. The molecule has 0 bridgehead atoms. The van der Waals surface area contributed by atoms with Crippen LogP contribution in [0.3, 0.4) is 0 Å². The summed E-state index contributed by atoms with van der Waals surface area (Å²) in [5.74, 6) is -2.52. The first-order valence-corrected chi connectivity index (χ1v) is 6.52. The van der Waals surface area contributed by atoms with E-state index < -0.39 is 23.8 Å². The molecule has 6 heteroatoms. The molecule has 2 heterocycles. The fraction of sp³-hybridized carbons (Fsp3) is 0.267. The number of H-pyrrole nitrogens is 1. The van der Waals surface area contributed by atoms with Gasteiger partial charge in [-0.1, -0.05) is 30.3 Å². The van der Waals surface area contributed by atoms with E-state index in [2.05, 4.69) is 10.2 Å². The number of ether oxygens (including phenoxy) is 2. The lowest BCUT2D eigenvalue weighted by atomic mass is 9.79. The van der Waals surface area contributed by atoms with Crippen molar-refractivity contribution in [3.8, 4) is 5.88 Å². The van der Waals surface area contributed by atoms with Gasteiger partial charge in [0.2, 0.25) is 5.88 Å². The van der Waals surface area contributed by atoms with E-state index in [9.17, 15) is 9.59 Å². The fourth-order valence-electron chi connectivity index (χ4n) is 2.70. The number of aromatic amines is 1. The quantitative estimate of drug-likeness (QED) is 0.669. The van der Waals surface area contributed by atoms with Crippen LogP contribution < -0.4 is 4.74 Å². The Balaban J connectivity index is 2.19. The average molecular weight is 286 g/mol. The van der Waals surface area contributed by atoms with Crippen LogP contribution in [-0.2, 0) is 14.3 Å². The first kappa shape index (κ1) is 13.4. The first-order chi connectivity index (χ1) is 10.1. The van der Waals surface area contributed by atoms with E-state index in [4.69, 9.17) is 9.47 Å². The highest BCUT2D eigenvalue weighted by Crippen LogP contribution is 2.42. The minimum absolute atomic E-state index is 0.228. The van der Waals surface area contributed by atoms with Crippen LogP contribution in [0.4, 0.5) is 0 Å². The maximum Gasteiger partial charge on any atom is 0.328 e. The summed E-state index contributed by atoms with van der Waals surface area (Å²) < 4.78 is 9.93. The van der Waals surface area contributed by atoms with Crippen LogP contribution in [0.2, 0.25) is 0 Å². The van der Waals surface area contributed by atoms with Gasteiger partial charge in [-0.2, -0.15) is 0 Å². The molecule has 0 spiro atoms. The molecule has 0 radical (unpaired) electrons. The number of aryl methyl sites for hydroxylation is 1. The van der Waals surface area contributed by atoms with Crippen molar-refractivity contribution in [2.75, 3.05) is 7.11 Å². The predicted molar refractivity (Wildman–Crippen MR) is 72.8 cm³/mol. The van der Waals surface area contributed by atoms with Crippen LogP contribution >= 0.6 is 0 Å². The summed E-state index contributed by atoms with van der Waals surface area (Å²) in [4.78, 5) is 24.2. The molecule has 0 amide bonds. The lowest BCUT2D eigenvalue weighted by Crippen LogP contribution is -2.38. The molecule has 1 N–H and O–H groups in total. The molecular weight excluding hydrogens is 272 g/mol. The van der Waals surface area contributed by atoms with E-state index >= 15 is 0 Å². The Labute approximate surface area is 121 Å². The molecule has 2 aromatic rings. The SMILES string of the molecule is COC(=O)C1C(=O)Oc2n[nH]c(C)c2C1c1ccccc1. The number of nitrogens with zero attached hydrogens (tertiary/aromatic N) is 1. The Morgan fingerprint density at radius 2 is 2.05 bits per heavy atom. The molecule has 0 fully saturated rings. The number of esters is 2. The Morgan fingerprint density at radius 3 is 2.71 bits per heavy atom. The van der Waals surface area contributed by atoms with E-state index in [0.717, 1.165) is 16.8 Å². The second kappa shape index (κ2) is 5.05. The summed E-state index contributed by atoms with van der Waals surface area (Å²) in [6, 6.07) is 9.34. The number of carbonyl (C=O) groups excluding carboxylic acids is 2. The molecule has 1 aliphatic rings. The lowest BCUT2D eigenvalue weighted by molar-refractivity contribution is -0.157. The van der Waals surface area contributed by atoms with Gasteiger partial charge in [0.25, 0.3) is 0 Å². The fourth-order valence-corrected chi connectivity index (χ4v) is 2.70. The monoisotopic (exact) mass is 286 g/mol. The van der Waals surface area contributed by atoms with Gasteiger partial charge in [-0.05, 0) is 12.5 Å². The minimum atomic E-state index is -1.03. The van der Waals surface area contributed by atoms with Crippen LogP contribution in [0.25, 0.3) is 0 Å². The molecule has 0 saturated heterocycles. The van der Waals surface area contributed by atoms with Crippen LogP contribution in [0.1, 0.15) is 22.7 Å². The van der Waals surface area contributed by atoms with E-state index in [1.165, 1.54) is 7.11 Å². The third kappa shape index (κ3) is 2.08. The molecule has 21 heavy (non-hydrogen) atoms. The molecule has 0 saturated carbocycles. The van der Waals surface area contributed by atoms with E-state index in [0.29, 0.717) is 0 Å². The van der Waals surface area contributed by atoms with Crippen molar-refractivity contribution in [1.29, 1.82) is 0 Å². The molecule has 2 atom stereocenters. The van der Waals surface area contributed by atoms with Crippen LogP contribution in [0.15, 0.2) is 30.3 Å². The smallest absolute Gasteiger partial charge is 0.328 e. The highest BCUT2D eigenvalue weighted by Gasteiger charge is 2.46. The molecular formula is C15H14N2O4. The summed E-state index contributed by atoms with van der Waals surface area (Å²) in [6.45, 7) is 1.83. The second-order valence-corrected chi connectivity index (χ2v) is 4.88. The molecule has 108 valence electrons. The van der Waals surface area contributed by atoms with Gasteiger partial charge < -0.3 is 9.47 Å². The van der Waals surface area contributed by atoms with Crippen molar-refractivity contribution in [3.63, 3.8) is 0 Å². The molecule has 2 unspecified atom stereocenters. The Morgan fingerprint density at radius 1 is 1.33 bits per heavy atom. The van der Waals surface area contributed by atoms with E-state index in [-0.39, 0.29) is 5.88 Å². The Hall–Kier alpha value is -2.63. The van der Waals surface area contributed by atoms with Crippen molar-refractivity contribution >= 4 is 11.9 Å². The zero-order chi connectivity index (χ0) is 15.0. The van der Waals surface area contributed by atoms with Gasteiger partial charge in [0.15, 0.2) is 5.92 Å². The number of rotatable bonds is 2. The molecule has 1 aromatic heterocycles. The van der Waals surface area contributed by atoms with Gasteiger partial charge in [0.1, 0.15) is 0 Å². The van der Waals surface area contributed by atoms with Gasteiger partial charge in [-0.25, -0.2) is 0 Å². The zero-order valence-corrected chi connectivity index (χ0v) is 11.6. The van der Waals surface area contributed by atoms with Crippen molar-refractivity contribution in [1.82, 2.24) is 10.2 Å². The Kier molecular flexibility index (Phi) is 3.21. The molecule has 1 aromatic carbocycles. The van der Waals surface area contributed by atoms with Gasteiger partial charge in [-0.15, -0.1) is 5.10 Å². The summed E-state index contributed by atoms with van der Waals surface area (Å²) in [5, 5.41) is 6.78. The highest BCUT2D eigenvalue weighted by molar-refractivity contribution is 5.99. The third-order valence-electron chi connectivity index (χ3n) is 3.67. The summed E-state index contributed by atoms with van der Waals surface area (Å²) in [6.07, 6.45) is 0. The number of fused-ring (bicyclic) bond motifs is 1. The molecule has 6 nitrogen and oxygen atoms in total. The largest absolute Gasteiger partial charge is 0.468 e. The topological polar surface area (TPSA) is 81.3 Å². The number of methoxy groups -OCH3 is 1. The maximum absolute atomic E-state index is 12.2. The lowest BCUT2D eigenvalue weighted by Gasteiger charge is -2.28. The van der Waals surface area contributed by atoms with Crippen molar-refractivity contribution in [2.45, 2.75) is 12.8 Å². The zero-order valence-electron chi connectivity index (χ0n) is 11.6. The van der Waals surface area contributed by atoms with E-state index in [1.54, 1.807) is 0 Å². The number of nitrogens with one attached hydrogen (secondary N) is 1. The van der Waals surface area contributed by atoms with Gasteiger partial charge in [-0.3, -0.25) is 14.7 Å². The van der Waals surface area contributed by atoms with Crippen molar-refractivity contribution < 1.29 is 19.1 Å². The first-order valence-electron chi connectivity index (χ1n) is 6.52. The average Bonchev–Trinajstić information content (AvgIpc) is 2.87. The highest BCUT2D eigenvalue weighted by atomic mass is 16.6. The predicted octanol–water partition coefficient (Wildman–Crippen LogP) is 1.56. The van der Waals surface area contributed by atoms with Gasteiger partial charge in [0.05, 0.1) is 7.11 Å². The number of carbonyl (C=O) groups is 2. The third-order valence-corrected chi connectivity index (χ3v) is 3.67.